The Hall–Kier alpha value is -1.88. The molecule has 0 saturated carbocycles. The predicted molar refractivity (Wildman–Crippen MR) is 80.3 cm³/mol. The van der Waals surface area contributed by atoms with Gasteiger partial charge in [-0.2, -0.15) is 0 Å². The SMILES string of the molecule is CCc1cccc(CC)c1NC(=O)CN(CC(=O)[O-])CC(=O)[O-].[Cr+3]. The fraction of sp³-hybridized carbons (Fsp3) is 0.438. The van der Waals surface area contributed by atoms with E-state index in [9.17, 15) is 24.6 Å². The van der Waals surface area contributed by atoms with Gasteiger partial charge in [-0.05, 0) is 24.0 Å². The predicted octanol–water partition coefficient (Wildman–Crippen LogP) is -1.45. The summed E-state index contributed by atoms with van der Waals surface area (Å²) in [5.41, 5.74) is 2.62. The Morgan fingerprint density at radius 3 is 1.79 bits per heavy atom. The molecule has 0 aromatic heterocycles. The fourth-order valence-electron chi connectivity index (χ4n) is 2.32. The number of anilines is 1. The van der Waals surface area contributed by atoms with Crippen molar-refractivity contribution < 1.29 is 42.0 Å². The van der Waals surface area contributed by atoms with Crippen molar-refractivity contribution in [3.05, 3.63) is 29.3 Å². The summed E-state index contributed by atoms with van der Waals surface area (Å²) in [6, 6.07) is 5.70. The third kappa shape index (κ3) is 7.13. The Bertz CT molecular complexity index is 554. The van der Waals surface area contributed by atoms with E-state index < -0.39 is 30.9 Å². The van der Waals surface area contributed by atoms with Crippen LogP contribution in [0.5, 0.6) is 0 Å². The maximum atomic E-state index is 12.1. The molecule has 0 aliphatic rings. The standard InChI is InChI=1S/C16H22N2O5.Cr/c1-3-11-6-5-7-12(4-2)16(11)17-13(19)8-18(9-14(20)21)10-15(22)23;/h5-7H,3-4,8-10H2,1-2H3,(H,17,19)(H,20,21)(H,22,23);/q;+3/p-2. The zero-order valence-electron chi connectivity index (χ0n) is 13.7. The number of nitrogens with one attached hydrogen (secondary N) is 1. The number of nitrogens with zero attached hydrogens (tertiary/aromatic N) is 1. The van der Waals surface area contributed by atoms with E-state index in [0.29, 0.717) is 5.69 Å². The first-order chi connectivity index (χ1) is 10.9. The van der Waals surface area contributed by atoms with Gasteiger partial charge in [0, 0.05) is 18.8 Å². The van der Waals surface area contributed by atoms with Gasteiger partial charge in [-0.25, -0.2) is 0 Å². The van der Waals surface area contributed by atoms with Crippen molar-refractivity contribution in [2.75, 3.05) is 25.0 Å². The van der Waals surface area contributed by atoms with Crippen LogP contribution < -0.4 is 15.5 Å². The molecule has 7 nitrogen and oxygen atoms in total. The Morgan fingerprint density at radius 1 is 0.958 bits per heavy atom. The molecular weight excluding hydrogens is 352 g/mol. The first-order valence-electron chi connectivity index (χ1n) is 7.40. The van der Waals surface area contributed by atoms with E-state index in [-0.39, 0.29) is 23.9 Å². The molecule has 0 unspecified atom stereocenters. The molecule has 0 spiro atoms. The number of carboxylic acids is 2. The number of benzene rings is 1. The second-order valence-corrected chi connectivity index (χ2v) is 5.10. The number of para-hydroxylation sites is 1. The third-order valence-electron chi connectivity index (χ3n) is 3.34. The van der Waals surface area contributed by atoms with E-state index in [1.165, 1.54) is 0 Å². The molecule has 0 heterocycles. The van der Waals surface area contributed by atoms with Gasteiger partial charge in [-0.3, -0.25) is 9.69 Å². The summed E-state index contributed by atoms with van der Waals surface area (Å²) in [5, 5.41) is 24.0. The average molecular weight is 372 g/mol. The molecule has 8 heteroatoms. The van der Waals surface area contributed by atoms with Crippen molar-refractivity contribution in [2.24, 2.45) is 0 Å². The zero-order chi connectivity index (χ0) is 17.4. The number of carbonyl (C=O) groups is 3. The minimum Gasteiger partial charge on any atom is -0.549 e. The molecule has 0 atom stereocenters. The molecule has 1 radical (unpaired) electrons. The van der Waals surface area contributed by atoms with Crippen molar-refractivity contribution in [3.63, 3.8) is 0 Å². The van der Waals surface area contributed by atoms with E-state index in [1.807, 2.05) is 32.0 Å². The van der Waals surface area contributed by atoms with E-state index >= 15 is 0 Å². The Morgan fingerprint density at radius 2 is 1.42 bits per heavy atom. The van der Waals surface area contributed by atoms with Crippen LogP contribution in [-0.4, -0.2) is 42.4 Å². The summed E-state index contributed by atoms with van der Waals surface area (Å²) in [7, 11) is 0. The molecule has 1 aromatic carbocycles. The van der Waals surface area contributed by atoms with Crippen LogP contribution in [0.1, 0.15) is 25.0 Å². The van der Waals surface area contributed by atoms with Crippen LogP contribution in [0.15, 0.2) is 18.2 Å². The molecule has 0 fully saturated rings. The van der Waals surface area contributed by atoms with Gasteiger partial charge in [0.15, 0.2) is 0 Å². The average Bonchev–Trinajstić information content (AvgIpc) is 2.45. The van der Waals surface area contributed by atoms with Crippen molar-refractivity contribution in [1.29, 1.82) is 0 Å². The second-order valence-electron chi connectivity index (χ2n) is 5.10. The van der Waals surface area contributed by atoms with Crippen molar-refractivity contribution >= 4 is 23.5 Å². The molecule has 1 aromatic rings. The van der Waals surface area contributed by atoms with Gasteiger partial charge in [0.25, 0.3) is 0 Å². The quantitative estimate of drug-likeness (QED) is 0.568. The molecule has 129 valence electrons. The van der Waals surface area contributed by atoms with Crippen LogP contribution in [0.2, 0.25) is 0 Å². The molecule has 24 heavy (non-hydrogen) atoms. The minimum atomic E-state index is -1.46. The van der Waals surface area contributed by atoms with Crippen molar-refractivity contribution in [3.8, 4) is 0 Å². The van der Waals surface area contributed by atoms with Gasteiger partial charge in [-0.1, -0.05) is 32.0 Å². The number of aryl methyl sites for hydroxylation is 2. The van der Waals surface area contributed by atoms with Gasteiger partial charge >= 0.3 is 17.4 Å². The zero-order valence-corrected chi connectivity index (χ0v) is 14.9. The number of rotatable bonds is 9. The van der Waals surface area contributed by atoms with Crippen LogP contribution in [0.25, 0.3) is 0 Å². The molecule has 1 rings (SSSR count). The molecule has 1 N–H and O–H groups in total. The number of amides is 1. The van der Waals surface area contributed by atoms with Gasteiger partial charge in [0.1, 0.15) is 0 Å². The van der Waals surface area contributed by atoms with Crippen LogP contribution >= 0.6 is 0 Å². The smallest absolute Gasteiger partial charge is 0.549 e. The summed E-state index contributed by atoms with van der Waals surface area (Å²) < 4.78 is 0. The summed E-state index contributed by atoms with van der Waals surface area (Å²) in [4.78, 5) is 34.4. The van der Waals surface area contributed by atoms with Gasteiger partial charge in [0.2, 0.25) is 5.91 Å². The topological polar surface area (TPSA) is 113 Å². The van der Waals surface area contributed by atoms with Crippen LogP contribution in [0.3, 0.4) is 0 Å². The first-order valence-corrected chi connectivity index (χ1v) is 7.40. The monoisotopic (exact) mass is 372 g/mol. The molecule has 0 bridgehead atoms. The number of carbonyl (C=O) groups excluding carboxylic acids is 3. The van der Waals surface area contributed by atoms with E-state index in [2.05, 4.69) is 5.32 Å². The normalized spacial score (nSPS) is 10.1. The Balaban J connectivity index is 0.00000529. The molecule has 1 amide bonds. The van der Waals surface area contributed by atoms with Gasteiger partial charge < -0.3 is 25.1 Å². The molecule has 0 saturated heterocycles. The number of aliphatic carboxylic acids is 2. The summed E-state index contributed by atoms with van der Waals surface area (Å²) in [6.45, 7) is 2.24. The number of hydrogen-bond donors (Lipinski definition) is 1. The number of carboxylic acid groups (broad SMARTS) is 2. The Labute approximate surface area is 151 Å². The maximum Gasteiger partial charge on any atom is 3.00 e. The van der Waals surface area contributed by atoms with Gasteiger partial charge in [0.05, 0.1) is 18.5 Å². The Kier molecular flexibility index (Phi) is 9.97. The van der Waals surface area contributed by atoms with Gasteiger partial charge in [-0.15, -0.1) is 0 Å². The summed E-state index contributed by atoms with van der Waals surface area (Å²) >= 11 is 0. The van der Waals surface area contributed by atoms with Crippen molar-refractivity contribution in [2.45, 2.75) is 26.7 Å². The van der Waals surface area contributed by atoms with E-state index in [1.54, 1.807) is 0 Å². The van der Waals surface area contributed by atoms with E-state index in [4.69, 9.17) is 0 Å². The van der Waals surface area contributed by atoms with Crippen LogP contribution in [0.4, 0.5) is 5.69 Å². The number of hydrogen-bond acceptors (Lipinski definition) is 6. The summed E-state index contributed by atoms with van der Waals surface area (Å²) in [6.07, 6.45) is 1.45. The largest absolute Gasteiger partial charge is 3.00 e. The van der Waals surface area contributed by atoms with Crippen LogP contribution in [0, 0.1) is 0 Å². The van der Waals surface area contributed by atoms with Crippen LogP contribution in [-0.2, 0) is 44.6 Å². The first kappa shape index (κ1) is 22.1. The minimum absolute atomic E-state index is 0. The second kappa shape index (κ2) is 10.8. The summed E-state index contributed by atoms with van der Waals surface area (Å²) in [5.74, 6) is -3.40. The molecule has 0 aliphatic heterocycles. The fourth-order valence-corrected chi connectivity index (χ4v) is 2.32. The maximum absolute atomic E-state index is 12.1. The molecule has 0 aliphatic carbocycles. The van der Waals surface area contributed by atoms with E-state index in [0.717, 1.165) is 28.9 Å². The van der Waals surface area contributed by atoms with Crippen molar-refractivity contribution in [1.82, 2.24) is 4.90 Å². The third-order valence-corrected chi connectivity index (χ3v) is 3.34. The molecular formula is C16H20CrN2O5+.